The summed E-state index contributed by atoms with van der Waals surface area (Å²) < 4.78 is 25.0. The third kappa shape index (κ3) is 2.80. The molecule has 1 fully saturated rings. The van der Waals surface area contributed by atoms with E-state index in [1.54, 1.807) is 6.07 Å². The van der Waals surface area contributed by atoms with Crippen LogP contribution in [0.1, 0.15) is 11.6 Å². The number of sulfonamides is 1. The molecule has 1 aromatic carbocycles. The molecule has 0 saturated carbocycles. The maximum atomic E-state index is 11.7. The summed E-state index contributed by atoms with van der Waals surface area (Å²) >= 11 is 6.12. The van der Waals surface area contributed by atoms with E-state index in [1.165, 1.54) is 10.6 Å². The van der Waals surface area contributed by atoms with Crippen LogP contribution in [0, 0.1) is 0 Å². The van der Waals surface area contributed by atoms with Crippen LogP contribution in [0.2, 0.25) is 5.02 Å². The molecule has 0 radical (unpaired) electrons. The van der Waals surface area contributed by atoms with E-state index in [2.05, 4.69) is 5.32 Å². The zero-order valence-electron chi connectivity index (χ0n) is 9.56. The lowest BCUT2D eigenvalue weighted by atomic mass is 10.1. The van der Waals surface area contributed by atoms with E-state index in [4.69, 9.17) is 11.6 Å². The molecule has 1 aliphatic rings. The predicted molar refractivity (Wildman–Crippen MR) is 68.6 cm³/mol. The molecular formula is C11H15ClN2O2S. The van der Waals surface area contributed by atoms with E-state index in [1.807, 2.05) is 18.2 Å². The molecule has 4 nitrogen and oxygen atoms in total. The fourth-order valence-electron chi connectivity index (χ4n) is 2.09. The first-order valence-electron chi connectivity index (χ1n) is 5.42. The first-order chi connectivity index (χ1) is 8.00. The Morgan fingerprint density at radius 1 is 1.41 bits per heavy atom. The van der Waals surface area contributed by atoms with E-state index in [0.717, 1.165) is 5.56 Å². The minimum atomic E-state index is -3.21. The topological polar surface area (TPSA) is 49.4 Å². The Bertz CT molecular complexity index is 504. The van der Waals surface area contributed by atoms with Gasteiger partial charge in [0.05, 0.1) is 12.3 Å². The molecule has 17 heavy (non-hydrogen) atoms. The summed E-state index contributed by atoms with van der Waals surface area (Å²) in [6, 6.07) is 7.15. The van der Waals surface area contributed by atoms with Crippen LogP contribution in [0.25, 0.3) is 0 Å². The molecule has 94 valence electrons. The van der Waals surface area contributed by atoms with Crippen LogP contribution in [0.4, 0.5) is 0 Å². The smallest absolute Gasteiger partial charge is 0.211 e. The van der Waals surface area contributed by atoms with Gasteiger partial charge in [-0.1, -0.05) is 29.8 Å². The Labute approximate surface area is 107 Å². The second kappa shape index (κ2) is 4.94. The number of hydrogen-bond acceptors (Lipinski definition) is 3. The van der Waals surface area contributed by atoms with Crippen LogP contribution in [0.3, 0.4) is 0 Å². The summed E-state index contributed by atoms with van der Waals surface area (Å²) in [6.07, 6.45) is 1.24. The van der Waals surface area contributed by atoms with Gasteiger partial charge in [-0.25, -0.2) is 8.42 Å². The molecule has 0 bridgehead atoms. The predicted octanol–water partition coefficient (Wildman–Crippen LogP) is 1.25. The van der Waals surface area contributed by atoms with Gasteiger partial charge in [-0.05, 0) is 11.6 Å². The minimum absolute atomic E-state index is 0.215. The lowest BCUT2D eigenvalue weighted by Gasteiger charge is -2.34. The van der Waals surface area contributed by atoms with E-state index in [0.29, 0.717) is 24.7 Å². The molecule has 0 aromatic heterocycles. The quantitative estimate of drug-likeness (QED) is 0.883. The first-order valence-corrected chi connectivity index (χ1v) is 7.65. The van der Waals surface area contributed by atoms with Crippen molar-refractivity contribution in [2.45, 2.75) is 6.04 Å². The summed E-state index contributed by atoms with van der Waals surface area (Å²) in [5.41, 5.74) is 0.854. The number of hydrogen-bond donors (Lipinski definition) is 1. The molecule has 0 amide bonds. The van der Waals surface area contributed by atoms with Crippen LogP contribution in [0.5, 0.6) is 0 Å². The third-order valence-electron chi connectivity index (χ3n) is 2.88. The molecule has 1 N–H and O–H groups in total. The zero-order valence-corrected chi connectivity index (χ0v) is 11.1. The highest BCUT2D eigenvalue weighted by molar-refractivity contribution is 7.88. The number of nitrogens with one attached hydrogen (secondary N) is 1. The Hall–Kier alpha value is -0.620. The largest absolute Gasteiger partial charge is 0.313 e. The van der Waals surface area contributed by atoms with Crippen LogP contribution >= 0.6 is 11.6 Å². The Morgan fingerprint density at radius 3 is 2.76 bits per heavy atom. The van der Waals surface area contributed by atoms with Gasteiger partial charge in [0.2, 0.25) is 10.0 Å². The average molecular weight is 275 g/mol. The van der Waals surface area contributed by atoms with Gasteiger partial charge in [-0.3, -0.25) is 0 Å². The summed E-state index contributed by atoms with van der Waals surface area (Å²) in [5, 5.41) is 3.80. The summed E-state index contributed by atoms with van der Waals surface area (Å²) in [7, 11) is -3.21. The van der Waals surface area contributed by atoms with Gasteiger partial charge in [-0.15, -0.1) is 0 Å². The summed E-state index contributed by atoms with van der Waals surface area (Å²) in [5.74, 6) is 0. The van der Waals surface area contributed by atoms with Crippen LogP contribution in [0.15, 0.2) is 24.3 Å². The van der Waals surface area contributed by atoms with Gasteiger partial charge in [0.1, 0.15) is 0 Å². The maximum absolute atomic E-state index is 11.7. The highest BCUT2D eigenvalue weighted by Crippen LogP contribution is 2.29. The normalized spacial score (nSPS) is 22.6. The fraction of sp³-hybridized carbons (Fsp3) is 0.455. The fourth-order valence-corrected chi connectivity index (χ4v) is 3.43. The SMILES string of the molecule is CS(=O)(=O)N1CCNCC1c1ccccc1Cl. The van der Waals surface area contributed by atoms with E-state index >= 15 is 0 Å². The number of benzene rings is 1. The molecule has 1 atom stereocenters. The van der Waals surface area contributed by atoms with Crippen molar-refractivity contribution in [3.63, 3.8) is 0 Å². The van der Waals surface area contributed by atoms with Gasteiger partial charge in [-0.2, -0.15) is 4.31 Å². The van der Waals surface area contributed by atoms with Crippen molar-refractivity contribution < 1.29 is 8.42 Å². The number of piperazine rings is 1. The van der Waals surface area contributed by atoms with E-state index in [-0.39, 0.29) is 6.04 Å². The van der Waals surface area contributed by atoms with Crippen molar-refractivity contribution >= 4 is 21.6 Å². The molecule has 1 aromatic rings. The summed E-state index contributed by atoms with van der Waals surface area (Å²) in [4.78, 5) is 0. The molecule has 1 unspecified atom stereocenters. The molecule has 0 spiro atoms. The third-order valence-corrected chi connectivity index (χ3v) is 4.52. The van der Waals surface area contributed by atoms with Crippen molar-refractivity contribution in [3.8, 4) is 0 Å². The van der Waals surface area contributed by atoms with Crippen molar-refractivity contribution in [2.75, 3.05) is 25.9 Å². The van der Waals surface area contributed by atoms with Crippen LogP contribution < -0.4 is 5.32 Å². The van der Waals surface area contributed by atoms with E-state index in [9.17, 15) is 8.42 Å². The van der Waals surface area contributed by atoms with Crippen LogP contribution in [-0.2, 0) is 10.0 Å². The Morgan fingerprint density at radius 2 is 2.12 bits per heavy atom. The molecule has 2 rings (SSSR count). The standard InChI is InChI=1S/C11H15ClN2O2S/c1-17(15,16)14-7-6-13-8-11(14)9-4-2-3-5-10(9)12/h2-5,11,13H,6-8H2,1H3. The zero-order chi connectivity index (χ0) is 12.5. The second-order valence-corrected chi connectivity index (χ2v) is 6.46. The first kappa shape index (κ1) is 12.8. The highest BCUT2D eigenvalue weighted by atomic mass is 35.5. The minimum Gasteiger partial charge on any atom is -0.313 e. The van der Waals surface area contributed by atoms with Crippen molar-refractivity contribution in [2.24, 2.45) is 0 Å². The number of rotatable bonds is 2. The maximum Gasteiger partial charge on any atom is 0.211 e. The molecule has 1 heterocycles. The number of nitrogens with zero attached hydrogens (tertiary/aromatic N) is 1. The monoisotopic (exact) mass is 274 g/mol. The Balaban J connectivity index is 2.38. The van der Waals surface area contributed by atoms with Gasteiger partial charge >= 0.3 is 0 Å². The lowest BCUT2D eigenvalue weighted by Crippen LogP contribution is -2.48. The van der Waals surface area contributed by atoms with Crippen LogP contribution in [-0.4, -0.2) is 38.6 Å². The average Bonchev–Trinajstić information content (AvgIpc) is 2.28. The molecule has 1 saturated heterocycles. The Kier molecular flexibility index (Phi) is 3.73. The van der Waals surface area contributed by atoms with Gasteiger partial charge in [0, 0.05) is 24.7 Å². The van der Waals surface area contributed by atoms with E-state index < -0.39 is 10.0 Å². The summed E-state index contributed by atoms with van der Waals surface area (Å²) in [6.45, 7) is 1.75. The van der Waals surface area contributed by atoms with Crippen molar-refractivity contribution in [3.05, 3.63) is 34.9 Å². The van der Waals surface area contributed by atoms with Gasteiger partial charge < -0.3 is 5.32 Å². The lowest BCUT2D eigenvalue weighted by molar-refractivity contribution is 0.273. The molecule has 1 aliphatic heterocycles. The van der Waals surface area contributed by atoms with Gasteiger partial charge in [0.25, 0.3) is 0 Å². The van der Waals surface area contributed by atoms with Gasteiger partial charge in [0.15, 0.2) is 0 Å². The molecular weight excluding hydrogens is 260 g/mol. The van der Waals surface area contributed by atoms with Crippen molar-refractivity contribution in [1.29, 1.82) is 0 Å². The highest BCUT2D eigenvalue weighted by Gasteiger charge is 2.31. The second-order valence-electron chi connectivity index (χ2n) is 4.12. The number of halogens is 1. The molecule has 6 heteroatoms. The van der Waals surface area contributed by atoms with Crippen molar-refractivity contribution in [1.82, 2.24) is 9.62 Å². The molecule has 0 aliphatic carbocycles.